The van der Waals surface area contributed by atoms with Crippen molar-refractivity contribution in [2.45, 2.75) is 0 Å². The largest absolute Gasteiger partial charge is 0.135 e. The van der Waals surface area contributed by atoms with E-state index in [1.165, 1.54) is 172 Å². The smallest absolute Gasteiger partial charge is 0.0440 e. The fraction of sp³-hybridized carbons (Fsp3) is 0. The van der Waals surface area contributed by atoms with Gasteiger partial charge in [-0.1, -0.05) is 249 Å². The van der Waals surface area contributed by atoms with Crippen molar-refractivity contribution >= 4 is 128 Å². The number of fused-ring (bicyclic) bond motifs is 12. The van der Waals surface area contributed by atoms with E-state index < -0.39 is 0 Å². The minimum Gasteiger partial charge on any atom is -0.135 e. The van der Waals surface area contributed by atoms with E-state index in [-0.39, 0.29) is 0 Å². The molecule has 2 aromatic heterocycles. The predicted molar refractivity (Wildman–Crippen MR) is 350 cm³/mol. The third-order valence-corrected chi connectivity index (χ3v) is 19.3. The summed E-state index contributed by atoms with van der Waals surface area (Å²) >= 11 is 3.82. The van der Waals surface area contributed by atoms with Gasteiger partial charge < -0.3 is 0 Å². The fourth-order valence-corrected chi connectivity index (χ4v) is 15.9. The van der Waals surface area contributed by atoms with Gasteiger partial charge in [0.2, 0.25) is 0 Å². The summed E-state index contributed by atoms with van der Waals surface area (Å²) in [5, 5.41) is 20.4. The van der Waals surface area contributed by atoms with E-state index in [9.17, 15) is 0 Å². The van der Waals surface area contributed by atoms with E-state index in [1.807, 2.05) is 22.7 Å². The molecule has 2 heterocycles. The maximum absolute atomic E-state index is 2.44. The molecule has 0 radical (unpaired) electrons. The lowest BCUT2D eigenvalue weighted by Crippen LogP contribution is -1.92. The minimum atomic E-state index is 1.21. The van der Waals surface area contributed by atoms with Crippen molar-refractivity contribution in [2.24, 2.45) is 0 Å². The second-order valence-electron chi connectivity index (χ2n) is 21.3. The molecule has 17 aromatic rings. The highest BCUT2D eigenvalue weighted by atomic mass is 32.1. The summed E-state index contributed by atoms with van der Waals surface area (Å²) in [6, 6.07) is 105. The van der Waals surface area contributed by atoms with Crippen LogP contribution in [0.2, 0.25) is 0 Å². The number of thiophene rings is 2. The van der Waals surface area contributed by atoms with Crippen LogP contribution >= 0.6 is 22.7 Å². The quantitative estimate of drug-likeness (QED) is 0.146. The highest BCUT2D eigenvalue weighted by molar-refractivity contribution is 7.26. The van der Waals surface area contributed by atoms with Crippen LogP contribution in [0.1, 0.15) is 0 Å². The highest BCUT2D eigenvalue weighted by Gasteiger charge is 2.24. The molecule has 370 valence electrons. The Morgan fingerprint density at radius 1 is 0.188 bits per heavy atom. The molecule has 15 aromatic carbocycles. The van der Waals surface area contributed by atoms with Crippen LogP contribution in [0.5, 0.6) is 0 Å². The van der Waals surface area contributed by atoms with Gasteiger partial charge in [0.15, 0.2) is 0 Å². The Hall–Kier alpha value is -9.70. The van der Waals surface area contributed by atoms with Gasteiger partial charge in [-0.2, -0.15) is 0 Å². The van der Waals surface area contributed by atoms with Crippen molar-refractivity contribution in [3.05, 3.63) is 279 Å². The number of benzene rings is 15. The molecule has 0 unspecified atom stereocenters. The summed E-state index contributed by atoms with van der Waals surface area (Å²) in [4.78, 5) is 0. The molecule has 0 amide bonds. The first-order valence-electron chi connectivity index (χ1n) is 27.5. The first kappa shape index (κ1) is 45.3. The number of hydrogen-bond acceptors (Lipinski definition) is 2. The van der Waals surface area contributed by atoms with Crippen LogP contribution in [0.3, 0.4) is 0 Å². The zero-order valence-corrected chi connectivity index (χ0v) is 45.0. The SMILES string of the molecule is c1ccc(-c2ccc(-c3c4ccccc4c(-c4ccc(-c5ccc(-c6c7ccccc7c(-c7cccc8sc9cc%10ccccc%10cc9c78)c7ccccc67)cc5)c5sc6cc7ccccc7cc6c45)c4ccccc34)cc2)cc1. The lowest BCUT2D eigenvalue weighted by atomic mass is 9.83. The second-order valence-corrected chi connectivity index (χ2v) is 23.5. The van der Waals surface area contributed by atoms with E-state index in [1.54, 1.807) is 0 Å². The van der Waals surface area contributed by atoms with Gasteiger partial charge in [-0.15, -0.1) is 22.7 Å². The summed E-state index contributed by atoms with van der Waals surface area (Å²) in [5.74, 6) is 0. The summed E-state index contributed by atoms with van der Waals surface area (Å²) in [6.07, 6.45) is 0. The van der Waals surface area contributed by atoms with Crippen molar-refractivity contribution in [2.75, 3.05) is 0 Å². The van der Waals surface area contributed by atoms with Crippen molar-refractivity contribution < 1.29 is 0 Å². The molecule has 0 aliphatic rings. The third kappa shape index (κ3) is 6.93. The van der Waals surface area contributed by atoms with Crippen LogP contribution in [-0.4, -0.2) is 0 Å². The van der Waals surface area contributed by atoms with Gasteiger partial charge in [-0.05, 0) is 162 Å². The molecule has 0 saturated heterocycles. The third-order valence-electron chi connectivity index (χ3n) is 17.0. The molecule has 2 heteroatoms. The van der Waals surface area contributed by atoms with Crippen molar-refractivity contribution in [3.8, 4) is 66.8 Å². The van der Waals surface area contributed by atoms with E-state index in [0.717, 1.165) is 0 Å². The van der Waals surface area contributed by atoms with Crippen molar-refractivity contribution in [1.82, 2.24) is 0 Å². The first-order valence-corrected chi connectivity index (χ1v) is 29.2. The lowest BCUT2D eigenvalue weighted by molar-refractivity contribution is 1.61. The van der Waals surface area contributed by atoms with Crippen LogP contribution in [0.4, 0.5) is 0 Å². The Morgan fingerprint density at radius 2 is 0.550 bits per heavy atom. The van der Waals surface area contributed by atoms with Crippen LogP contribution < -0.4 is 0 Å². The van der Waals surface area contributed by atoms with Gasteiger partial charge in [-0.25, -0.2) is 0 Å². The Labute approximate surface area is 470 Å². The summed E-state index contributed by atoms with van der Waals surface area (Å²) < 4.78 is 5.24. The van der Waals surface area contributed by atoms with Gasteiger partial charge >= 0.3 is 0 Å². The van der Waals surface area contributed by atoms with Gasteiger partial charge in [0.05, 0.1) is 0 Å². The number of hydrogen-bond donors (Lipinski definition) is 0. The molecule has 0 spiro atoms. The Balaban J connectivity index is 0.851. The zero-order chi connectivity index (χ0) is 52.4. The van der Waals surface area contributed by atoms with E-state index in [2.05, 4.69) is 279 Å². The molecule has 80 heavy (non-hydrogen) atoms. The molecule has 0 aliphatic heterocycles. The maximum atomic E-state index is 2.44. The fourth-order valence-electron chi connectivity index (χ4n) is 13.5. The molecular formula is C78H46S2. The average molecular weight is 1050 g/mol. The van der Waals surface area contributed by atoms with E-state index >= 15 is 0 Å². The first-order chi connectivity index (χ1) is 39.7. The van der Waals surface area contributed by atoms with Gasteiger partial charge in [0.1, 0.15) is 0 Å². The predicted octanol–water partition coefficient (Wildman–Crippen LogP) is 23.3. The van der Waals surface area contributed by atoms with Crippen molar-refractivity contribution in [1.29, 1.82) is 0 Å². The van der Waals surface area contributed by atoms with Crippen LogP contribution in [0.25, 0.3) is 172 Å². The highest BCUT2D eigenvalue weighted by Crippen LogP contribution is 2.52. The lowest BCUT2D eigenvalue weighted by Gasteiger charge is -2.19. The molecule has 0 bridgehead atoms. The van der Waals surface area contributed by atoms with E-state index in [0.29, 0.717) is 0 Å². The summed E-state index contributed by atoms with van der Waals surface area (Å²) in [7, 11) is 0. The van der Waals surface area contributed by atoms with E-state index in [4.69, 9.17) is 0 Å². The normalized spacial score (nSPS) is 12.0. The molecule has 0 aliphatic carbocycles. The zero-order valence-electron chi connectivity index (χ0n) is 43.4. The Morgan fingerprint density at radius 3 is 1.05 bits per heavy atom. The molecule has 0 atom stereocenters. The van der Waals surface area contributed by atoms with Crippen LogP contribution in [0.15, 0.2) is 279 Å². The molecule has 0 nitrogen and oxygen atoms in total. The van der Waals surface area contributed by atoms with Crippen molar-refractivity contribution in [3.63, 3.8) is 0 Å². The Bertz CT molecular complexity index is 5280. The van der Waals surface area contributed by atoms with Gasteiger partial charge in [0.25, 0.3) is 0 Å². The van der Waals surface area contributed by atoms with Gasteiger partial charge in [0, 0.05) is 40.3 Å². The average Bonchev–Trinajstić information content (AvgIpc) is 4.20. The molecule has 17 rings (SSSR count). The molecule has 0 N–H and O–H groups in total. The van der Waals surface area contributed by atoms with Crippen LogP contribution in [-0.2, 0) is 0 Å². The summed E-state index contributed by atoms with van der Waals surface area (Å²) in [5.41, 5.74) is 15.0. The second kappa shape index (κ2) is 17.9. The monoisotopic (exact) mass is 1050 g/mol. The van der Waals surface area contributed by atoms with Gasteiger partial charge in [-0.3, -0.25) is 0 Å². The molecule has 0 saturated carbocycles. The maximum Gasteiger partial charge on any atom is 0.0440 e. The molecule has 0 fully saturated rings. The topological polar surface area (TPSA) is 0 Å². The molecular weight excluding hydrogens is 1000 g/mol. The van der Waals surface area contributed by atoms with Crippen LogP contribution in [0, 0.1) is 0 Å². The Kier molecular flexibility index (Phi) is 10.2. The summed E-state index contributed by atoms with van der Waals surface area (Å²) in [6.45, 7) is 0. The standard InChI is InChI=1S/C78H46S2/c1-2-17-47(18-3-1)48-33-37-50(38-34-48)72-59-25-10-14-29-63(59)75(64-30-15-11-26-60(64)72)66-42-41-56(78-77(66)68-44-53-20-5-7-22-55(53)46-71(68)80-78)49-35-39-51(40-36-49)73-57-23-8-12-27-61(57)74(62-28-13-9-24-58(62)73)65-31-16-32-69-76(65)67-43-52-19-4-6-21-54(52)45-70(67)79-69/h1-46H. The number of rotatable bonds is 6. The minimum absolute atomic E-state index is 1.21.